The molecule has 0 radical (unpaired) electrons. The van der Waals surface area contributed by atoms with E-state index in [1.54, 1.807) is 23.9 Å². The Bertz CT molecular complexity index is 514. The summed E-state index contributed by atoms with van der Waals surface area (Å²) in [5, 5.41) is 12.0. The lowest BCUT2D eigenvalue weighted by molar-refractivity contribution is -0.418. The molecule has 0 amide bonds. The second kappa shape index (κ2) is 5.80. The maximum absolute atomic E-state index is 11.4. The number of nitrogens with zero attached hydrogens (tertiary/aromatic N) is 5. The van der Waals surface area contributed by atoms with Crippen LogP contribution in [0.1, 0.15) is 6.92 Å². The van der Waals surface area contributed by atoms with E-state index in [-0.39, 0.29) is 11.9 Å². The minimum absolute atomic E-state index is 0.0741. The van der Waals surface area contributed by atoms with Crippen molar-refractivity contribution in [3.8, 4) is 0 Å². The van der Waals surface area contributed by atoms with E-state index in [2.05, 4.69) is 9.98 Å². The molecule has 1 unspecified atom stereocenters. The first-order valence-corrected chi connectivity index (χ1v) is 7.38. The molecule has 2 aliphatic rings. The van der Waals surface area contributed by atoms with Crippen molar-refractivity contribution >= 4 is 22.8 Å². The second-order valence-electron chi connectivity index (χ2n) is 4.37. The number of fused-ring (bicyclic) bond motifs is 1. The summed E-state index contributed by atoms with van der Waals surface area (Å²) in [5.41, 5.74) is -0.0741. The number of aliphatic imine (C=N–C) groups is 2. The number of hydrogen-bond acceptors (Lipinski definition) is 8. The summed E-state index contributed by atoms with van der Waals surface area (Å²) in [6.45, 7) is 2.78. The molecule has 0 aromatic heterocycles. The standard InChI is InChI=1S/C11H17N5O3S/c1-5-19-7-6-12-9-8(16(17)18)10(14(2)3)13-11(20-4)15(7)9/h7H,5-6H2,1-4H3. The van der Waals surface area contributed by atoms with Crippen LogP contribution in [0.2, 0.25) is 0 Å². The summed E-state index contributed by atoms with van der Waals surface area (Å²) < 4.78 is 5.59. The lowest BCUT2D eigenvalue weighted by atomic mass is 10.3. The van der Waals surface area contributed by atoms with E-state index in [0.717, 1.165) is 0 Å². The van der Waals surface area contributed by atoms with Gasteiger partial charge in [0.1, 0.15) is 0 Å². The molecule has 2 heterocycles. The summed E-state index contributed by atoms with van der Waals surface area (Å²) >= 11 is 1.42. The van der Waals surface area contributed by atoms with Crippen LogP contribution in [-0.4, -0.2) is 65.5 Å². The molecular weight excluding hydrogens is 282 g/mol. The van der Waals surface area contributed by atoms with Crippen LogP contribution in [0.4, 0.5) is 0 Å². The third kappa shape index (κ3) is 2.38. The van der Waals surface area contributed by atoms with Gasteiger partial charge in [-0.2, -0.15) is 4.99 Å². The first-order chi connectivity index (χ1) is 9.51. The van der Waals surface area contributed by atoms with Crippen LogP contribution in [0.5, 0.6) is 0 Å². The van der Waals surface area contributed by atoms with Gasteiger partial charge >= 0.3 is 5.70 Å². The van der Waals surface area contributed by atoms with Crippen molar-refractivity contribution in [1.82, 2.24) is 9.80 Å². The zero-order chi connectivity index (χ0) is 14.9. The Morgan fingerprint density at radius 3 is 2.80 bits per heavy atom. The Kier molecular flexibility index (Phi) is 4.29. The summed E-state index contributed by atoms with van der Waals surface area (Å²) in [5.74, 6) is 0.642. The molecule has 0 aromatic rings. The van der Waals surface area contributed by atoms with Crippen LogP contribution >= 0.6 is 11.8 Å². The third-order valence-corrected chi connectivity index (χ3v) is 3.55. The highest BCUT2D eigenvalue weighted by Gasteiger charge is 2.44. The highest BCUT2D eigenvalue weighted by atomic mass is 32.2. The fourth-order valence-corrected chi connectivity index (χ4v) is 2.68. The molecule has 0 saturated heterocycles. The van der Waals surface area contributed by atoms with Gasteiger partial charge in [-0.1, -0.05) is 11.8 Å². The van der Waals surface area contributed by atoms with E-state index in [0.29, 0.717) is 30.0 Å². The van der Waals surface area contributed by atoms with E-state index in [1.807, 2.05) is 13.2 Å². The monoisotopic (exact) mass is 299 g/mol. The normalized spacial score (nSPS) is 21.6. The zero-order valence-electron chi connectivity index (χ0n) is 11.9. The minimum atomic E-state index is -0.434. The lowest BCUT2D eigenvalue weighted by Crippen LogP contribution is -2.46. The summed E-state index contributed by atoms with van der Waals surface area (Å²) in [7, 11) is 3.46. The Labute approximate surface area is 121 Å². The lowest BCUT2D eigenvalue weighted by Gasteiger charge is -2.30. The predicted octanol–water partition coefficient (Wildman–Crippen LogP) is 0.803. The Morgan fingerprint density at radius 2 is 2.30 bits per heavy atom. The minimum Gasteiger partial charge on any atom is -0.357 e. The van der Waals surface area contributed by atoms with Crippen molar-refractivity contribution < 1.29 is 9.66 Å². The molecule has 2 rings (SSSR count). The summed E-state index contributed by atoms with van der Waals surface area (Å²) in [6, 6.07) is 0. The van der Waals surface area contributed by atoms with E-state index < -0.39 is 4.92 Å². The molecule has 1 atom stereocenters. The van der Waals surface area contributed by atoms with Crippen LogP contribution in [0.25, 0.3) is 0 Å². The third-order valence-electron chi connectivity index (χ3n) is 2.89. The number of amidine groups is 2. The molecule has 0 N–H and O–H groups in total. The molecular formula is C11H17N5O3S. The SMILES string of the molecule is CCOC1CN=C2C([N+](=O)[O-])=C(N(C)C)N=C(SC)N21. The molecule has 20 heavy (non-hydrogen) atoms. The maximum Gasteiger partial charge on any atom is 0.353 e. The largest absolute Gasteiger partial charge is 0.357 e. The Hall–Kier alpha value is -1.61. The fraction of sp³-hybridized carbons (Fsp3) is 0.636. The van der Waals surface area contributed by atoms with Gasteiger partial charge in [-0.3, -0.25) is 20.0 Å². The van der Waals surface area contributed by atoms with E-state index in [9.17, 15) is 10.1 Å². The number of nitro groups is 1. The van der Waals surface area contributed by atoms with Crippen LogP contribution in [0.15, 0.2) is 21.5 Å². The fourth-order valence-electron chi connectivity index (χ4n) is 2.10. The topological polar surface area (TPSA) is 83.6 Å². The molecule has 110 valence electrons. The van der Waals surface area contributed by atoms with Gasteiger partial charge in [0.25, 0.3) is 0 Å². The Balaban J connectivity index is 2.51. The van der Waals surface area contributed by atoms with Gasteiger partial charge < -0.3 is 9.64 Å². The quantitative estimate of drug-likeness (QED) is 0.564. The van der Waals surface area contributed by atoms with Gasteiger partial charge in [-0.05, 0) is 13.2 Å². The average Bonchev–Trinajstić information content (AvgIpc) is 2.81. The molecule has 0 aliphatic carbocycles. The first kappa shape index (κ1) is 14.8. The molecule has 8 nitrogen and oxygen atoms in total. The van der Waals surface area contributed by atoms with Gasteiger partial charge in [0.15, 0.2) is 11.4 Å². The average molecular weight is 299 g/mol. The maximum atomic E-state index is 11.4. The predicted molar refractivity (Wildman–Crippen MR) is 78.2 cm³/mol. The molecule has 0 saturated carbocycles. The Morgan fingerprint density at radius 1 is 1.60 bits per heavy atom. The molecule has 0 bridgehead atoms. The number of hydrogen-bond donors (Lipinski definition) is 0. The van der Waals surface area contributed by atoms with Crippen LogP contribution in [0.3, 0.4) is 0 Å². The van der Waals surface area contributed by atoms with Gasteiger partial charge in [0.05, 0.1) is 11.5 Å². The van der Waals surface area contributed by atoms with Crippen molar-refractivity contribution in [3.63, 3.8) is 0 Å². The highest BCUT2D eigenvalue weighted by molar-refractivity contribution is 8.13. The smallest absolute Gasteiger partial charge is 0.353 e. The number of ether oxygens (including phenoxy) is 1. The van der Waals surface area contributed by atoms with Crippen LogP contribution in [0, 0.1) is 10.1 Å². The highest BCUT2D eigenvalue weighted by Crippen LogP contribution is 2.29. The van der Waals surface area contributed by atoms with E-state index >= 15 is 0 Å². The van der Waals surface area contributed by atoms with Crippen molar-refractivity contribution in [2.45, 2.75) is 13.2 Å². The zero-order valence-corrected chi connectivity index (χ0v) is 12.7. The van der Waals surface area contributed by atoms with Gasteiger partial charge in [0, 0.05) is 20.7 Å². The van der Waals surface area contributed by atoms with Crippen molar-refractivity contribution in [2.24, 2.45) is 9.98 Å². The second-order valence-corrected chi connectivity index (χ2v) is 5.14. The number of rotatable bonds is 4. The summed E-state index contributed by atoms with van der Waals surface area (Å²) in [6.07, 6.45) is 1.56. The van der Waals surface area contributed by atoms with Gasteiger partial charge in [0.2, 0.25) is 11.7 Å². The van der Waals surface area contributed by atoms with Crippen molar-refractivity contribution in [3.05, 3.63) is 21.6 Å². The first-order valence-electron chi connectivity index (χ1n) is 6.15. The van der Waals surface area contributed by atoms with Gasteiger partial charge in [-0.15, -0.1) is 0 Å². The van der Waals surface area contributed by atoms with Crippen molar-refractivity contribution in [2.75, 3.05) is 33.5 Å². The number of thioether (sulfide) groups is 1. The van der Waals surface area contributed by atoms with E-state index in [1.165, 1.54) is 11.8 Å². The molecule has 9 heteroatoms. The van der Waals surface area contributed by atoms with Gasteiger partial charge in [-0.25, -0.2) is 0 Å². The molecule has 0 spiro atoms. The van der Waals surface area contributed by atoms with Crippen molar-refractivity contribution in [1.29, 1.82) is 0 Å². The molecule has 0 aromatic carbocycles. The molecule has 2 aliphatic heterocycles. The van der Waals surface area contributed by atoms with E-state index in [4.69, 9.17) is 4.74 Å². The molecule has 0 fully saturated rings. The van der Waals surface area contributed by atoms with Crippen LogP contribution in [-0.2, 0) is 4.74 Å². The summed E-state index contributed by atoms with van der Waals surface area (Å²) in [4.78, 5) is 22.9. The van der Waals surface area contributed by atoms with Crippen LogP contribution < -0.4 is 0 Å².